The number of rotatable bonds is 4. The number of hydrogen-bond donors (Lipinski definition) is 2. The maximum Gasteiger partial charge on any atom is 0.249 e. The van der Waals surface area contributed by atoms with Gasteiger partial charge < -0.3 is 15.4 Å². The van der Waals surface area contributed by atoms with Crippen LogP contribution in [0.2, 0.25) is 0 Å². The van der Waals surface area contributed by atoms with E-state index >= 15 is 0 Å². The first-order valence-electron chi connectivity index (χ1n) is 8.85. The van der Waals surface area contributed by atoms with E-state index in [2.05, 4.69) is 15.7 Å². The molecule has 4 rings (SSSR count). The van der Waals surface area contributed by atoms with E-state index in [4.69, 9.17) is 4.74 Å². The molecule has 2 amide bonds. The summed E-state index contributed by atoms with van der Waals surface area (Å²) < 4.78 is 47.1. The summed E-state index contributed by atoms with van der Waals surface area (Å²) >= 11 is 0. The van der Waals surface area contributed by atoms with Gasteiger partial charge in [0.15, 0.2) is 17.5 Å². The van der Waals surface area contributed by atoms with Gasteiger partial charge in [0.2, 0.25) is 11.8 Å². The highest BCUT2D eigenvalue weighted by Gasteiger charge is 2.34. The molecule has 154 valence electrons. The summed E-state index contributed by atoms with van der Waals surface area (Å²) in [6.45, 7) is 0. The van der Waals surface area contributed by atoms with Gasteiger partial charge in [0.25, 0.3) is 0 Å². The number of benzene rings is 2. The van der Waals surface area contributed by atoms with Crippen molar-refractivity contribution < 1.29 is 27.5 Å². The number of fused-ring (bicyclic) bond motifs is 1. The molecular weight excluding hydrogens is 401 g/mol. The van der Waals surface area contributed by atoms with Crippen LogP contribution in [-0.2, 0) is 9.59 Å². The largest absolute Gasteiger partial charge is 0.496 e. The highest BCUT2D eigenvalue weighted by molar-refractivity contribution is 6.03. The lowest BCUT2D eigenvalue weighted by Crippen LogP contribution is -2.36. The highest BCUT2D eigenvalue weighted by atomic mass is 19.2. The van der Waals surface area contributed by atoms with Crippen LogP contribution in [-0.4, -0.2) is 28.7 Å². The van der Waals surface area contributed by atoms with E-state index in [1.807, 2.05) is 0 Å². The van der Waals surface area contributed by atoms with Crippen molar-refractivity contribution in [3.63, 3.8) is 0 Å². The third-order valence-corrected chi connectivity index (χ3v) is 4.72. The lowest BCUT2D eigenvalue weighted by molar-refractivity contribution is -0.125. The molecule has 0 unspecified atom stereocenters. The van der Waals surface area contributed by atoms with Crippen LogP contribution in [0.15, 0.2) is 42.6 Å². The van der Waals surface area contributed by atoms with Crippen molar-refractivity contribution in [2.45, 2.75) is 12.5 Å². The third-order valence-electron chi connectivity index (χ3n) is 4.72. The molecule has 0 aliphatic carbocycles. The first kappa shape index (κ1) is 19.5. The van der Waals surface area contributed by atoms with Crippen molar-refractivity contribution in [1.82, 2.24) is 9.78 Å². The summed E-state index contributed by atoms with van der Waals surface area (Å²) in [6, 6.07) is 7.54. The van der Waals surface area contributed by atoms with Gasteiger partial charge in [-0.25, -0.2) is 17.9 Å². The molecule has 1 aliphatic heterocycles. The second-order valence-electron chi connectivity index (χ2n) is 6.53. The van der Waals surface area contributed by atoms with E-state index in [9.17, 15) is 22.8 Å². The van der Waals surface area contributed by atoms with Gasteiger partial charge in [0.1, 0.15) is 17.6 Å². The molecule has 2 aromatic carbocycles. The molecule has 0 radical (unpaired) electrons. The van der Waals surface area contributed by atoms with E-state index in [1.54, 1.807) is 24.3 Å². The Morgan fingerprint density at radius 3 is 2.70 bits per heavy atom. The average molecular weight is 416 g/mol. The number of halogens is 3. The first-order chi connectivity index (χ1) is 14.4. The number of amides is 2. The number of carbonyl (C=O) groups is 2. The Balaban J connectivity index is 1.70. The van der Waals surface area contributed by atoms with Crippen LogP contribution >= 0.6 is 0 Å². The number of anilines is 2. The quantitative estimate of drug-likeness (QED) is 0.638. The average Bonchev–Trinajstić information content (AvgIpc) is 3.16. The number of methoxy groups -OCH3 is 1. The lowest BCUT2D eigenvalue weighted by atomic mass is 10.1. The van der Waals surface area contributed by atoms with E-state index in [0.717, 1.165) is 6.07 Å². The molecule has 0 fully saturated rings. The van der Waals surface area contributed by atoms with Crippen LogP contribution in [0.25, 0.3) is 11.1 Å². The van der Waals surface area contributed by atoms with Crippen LogP contribution in [0.5, 0.6) is 5.75 Å². The van der Waals surface area contributed by atoms with Gasteiger partial charge in [-0.05, 0) is 18.2 Å². The van der Waals surface area contributed by atoms with Crippen LogP contribution in [0.1, 0.15) is 12.5 Å². The number of nitrogens with zero attached hydrogens (tertiary/aromatic N) is 2. The topological polar surface area (TPSA) is 85.2 Å². The molecule has 1 aliphatic rings. The number of nitrogens with one attached hydrogen (secondary N) is 2. The zero-order valence-electron chi connectivity index (χ0n) is 15.6. The number of para-hydroxylation sites is 1. The molecule has 0 spiro atoms. The van der Waals surface area contributed by atoms with Gasteiger partial charge in [0, 0.05) is 11.1 Å². The predicted molar refractivity (Wildman–Crippen MR) is 101 cm³/mol. The molecular formula is C20H15F3N4O3. The van der Waals surface area contributed by atoms with Crippen molar-refractivity contribution in [2.24, 2.45) is 0 Å². The van der Waals surface area contributed by atoms with E-state index < -0.39 is 41.0 Å². The molecule has 1 aromatic heterocycles. The molecule has 0 saturated carbocycles. The maximum absolute atomic E-state index is 13.9. The second kappa shape index (κ2) is 7.54. The number of ether oxygens (including phenoxy) is 1. The monoisotopic (exact) mass is 416 g/mol. The van der Waals surface area contributed by atoms with Crippen LogP contribution in [0.4, 0.5) is 24.7 Å². The molecule has 2 N–H and O–H groups in total. The summed E-state index contributed by atoms with van der Waals surface area (Å²) in [5, 5.41) is 9.07. The Kier molecular flexibility index (Phi) is 4.90. The van der Waals surface area contributed by atoms with E-state index in [-0.39, 0.29) is 12.2 Å². The molecule has 0 saturated heterocycles. The first-order valence-corrected chi connectivity index (χ1v) is 8.85. The van der Waals surface area contributed by atoms with Gasteiger partial charge in [-0.3, -0.25) is 9.59 Å². The standard InChI is InChI=1S/C20H15F3N4O3/c1-30-15-5-3-2-4-10(15)11-9-24-27-14(8-16(28)26-19(11)27)20(29)25-13-7-6-12(21)17(22)18(13)23/h2-7,9,14H,8H2,1H3,(H,25,29)(H,26,28)/t14-/m1/s1. The normalized spacial score (nSPS) is 15.3. The van der Waals surface area contributed by atoms with Crippen LogP contribution in [0.3, 0.4) is 0 Å². The Bertz CT molecular complexity index is 1160. The van der Waals surface area contributed by atoms with Crippen LogP contribution < -0.4 is 15.4 Å². The maximum atomic E-state index is 13.9. The number of aromatic nitrogens is 2. The molecule has 10 heteroatoms. The smallest absolute Gasteiger partial charge is 0.249 e. The van der Waals surface area contributed by atoms with Gasteiger partial charge in [0.05, 0.1) is 25.4 Å². The number of carbonyl (C=O) groups excluding carboxylic acids is 2. The van der Waals surface area contributed by atoms with Crippen LogP contribution in [0, 0.1) is 17.5 Å². The second-order valence-corrected chi connectivity index (χ2v) is 6.53. The minimum absolute atomic E-state index is 0.265. The zero-order valence-corrected chi connectivity index (χ0v) is 15.6. The predicted octanol–water partition coefficient (Wildman–Crippen LogP) is 3.50. The lowest BCUT2D eigenvalue weighted by Gasteiger charge is -2.25. The van der Waals surface area contributed by atoms with Crippen molar-refractivity contribution in [3.05, 3.63) is 60.0 Å². The van der Waals surface area contributed by atoms with Crippen molar-refractivity contribution in [1.29, 1.82) is 0 Å². The summed E-state index contributed by atoms with van der Waals surface area (Å²) in [5.41, 5.74) is 0.634. The van der Waals surface area contributed by atoms with E-state index in [1.165, 1.54) is 18.0 Å². The zero-order chi connectivity index (χ0) is 21.4. The third kappa shape index (κ3) is 3.25. The summed E-state index contributed by atoms with van der Waals surface area (Å²) in [6.07, 6.45) is 1.20. The highest BCUT2D eigenvalue weighted by Crippen LogP contribution is 2.38. The SMILES string of the molecule is COc1ccccc1-c1cnn2c1NC(=O)C[C@@H]2C(=O)Nc1ccc(F)c(F)c1F. The fourth-order valence-electron chi connectivity index (χ4n) is 3.27. The number of hydrogen-bond acceptors (Lipinski definition) is 4. The molecule has 2 heterocycles. The Morgan fingerprint density at radius 1 is 1.17 bits per heavy atom. The Morgan fingerprint density at radius 2 is 1.93 bits per heavy atom. The fourth-order valence-corrected chi connectivity index (χ4v) is 3.27. The van der Waals surface area contributed by atoms with Gasteiger partial charge in [-0.1, -0.05) is 18.2 Å². The Labute approximate surface area is 168 Å². The molecule has 30 heavy (non-hydrogen) atoms. The summed E-state index contributed by atoms with van der Waals surface area (Å²) in [5.74, 6) is -5.06. The van der Waals surface area contributed by atoms with Crippen molar-refractivity contribution in [3.8, 4) is 16.9 Å². The molecule has 7 nitrogen and oxygen atoms in total. The Hall–Kier alpha value is -3.82. The van der Waals surface area contributed by atoms with Crippen molar-refractivity contribution in [2.75, 3.05) is 17.7 Å². The van der Waals surface area contributed by atoms with Gasteiger partial charge >= 0.3 is 0 Å². The fraction of sp³-hybridized carbons (Fsp3) is 0.150. The van der Waals surface area contributed by atoms with Gasteiger partial charge in [-0.15, -0.1) is 0 Å². The van der Waals surface area contributed by atoms with E-state index in [0.29, 0.717) is 22.9 Å². The minimum atomic E-state index is -1.70. The van der Waals surface area contributed by atoms with Crippen molar-refractivity contribution >= 4 is 23.3 Å². The molecule has 3 aromatic rings. The summed E-state index contributed by atoms with van der Waals surface area (Å²) in [7, 11) is 1.50. The summed E-state index contributed by atoms with van der Waals surface area (Å²) in [4.78, 5) is 25.0. The molecule has 0 bridgehead atoms. The minimum Gasteiger partial charge on any atom is -0.496 e. The molecule has 1 atom stereocenters. The van der Waals surface area contributed by atoms with Gasteiger partial charge in [-0.2, -0.15) is 5.10 Å².